The number of carbonyl (C=O) groups is 2. The number of carboxylic acids is 2. The average Bonchev–Trinajstić information content (AvgIpc) is 2.46. The van der Waals surface area contributed by atoms with Crippen molar-refractivity contribution < 1.29 is 29.3 Å². The second-order valence-corrected chi connectivity index (χ2v) is 5.05. The van der Waals surface area contributed by atoms with Gasteiger partial charge in [0.05, 0.1) is 6.61 Å². The first-order chi connectivity index (χ1) is 10.0. The van der Waals surface area contributed by atoms with E-state index in [1.54, 1.807) is 0 Å². The van der Waals surface area contributed by atoms with Gasteiger partial charge in [0.15, 0.2) is 6.10 Å². The first-order valence-electron chi connectivity index (χ1n) is 6.73. The molecular formula is C15H18O6. The Morgan fingerprint density at radius 1 is 1.33 bits per heavy atom. The van der Waals surface area contributed by atoms with Crippen LogP contribution in [-0.2, 0) is 25.5 Å². The number of rotatable bonds is 5. The van der Waals surface area contributed by atoms with Gasteiger partial charge in [0.2, 0.25) is 0 Å². The van der Waals surface area contributed by atoms with E-state index in [0.29, 0.717) is 6.42 Å². The Bertz CT molecular complexity index is 539. The Hall–Kier alpha value is -1.92. The van der Waals surface area contributed by atoms with E-state index in [0.717, 1.165) is 16.7 Å². The molecule has 2 atom stereocenters. The molecule has 1 saturated heterocycles. The Morgan fingerprint density at radius 2 is 2.10 bits per heavy atom. The molecule has 0 spiro atoms. The summed E-state index contributed by atoms with van der Waals surface area (Å²) >= 11 is 0. The summed E-state index contributed by atoms with van der Waals surface area (Å²) in [5, 5.41) is 18.0. The number of aliphatic carboxylic acids is 2. The predicted octanol–water partition coefficient (Wildman–Crippen LogP) is 1.55. The molecule has 1 fully saturated rings. The van der Waals surface area contributed by atoms with Crippen molar-refractivity contribution in [2.24, 2.45) is 0 Å². The topological polar surface area (TPSA) is 93.1 Å². The Balaban J connectivity index is 2.27. The number of benzene rings is 1. The van der Waals surface area contributed by atoms with E-state index in [1.165, 1.54) is 0 Å². The number of ether oxygens (including phenoxy) is 2. The molecule has 2 rings (SSSR count). The quantitative estimate of drug-likeness (QED) is 0.856. The van der Waals surface area contributed by atoms with Crippen molar-refractivity contribution in [3.63, 3.8) is 0 Å². The van der Waals surface area contributed by atoms with Crippen LogP contribution in [0.25, 0.3) is 0 Å². The van der Waals surface area contributed by atoms with Crippen molar-refractivity contribution >= 4 is 11.9 Å². The third-order valence-corrected chi connectivity index (χ3v) is 3.73. The lowest BCUT2D eigenvalue weighted by molar-refractivity contribution is -0.183. The van der Waals surface area contributed by atoms with Crippen LogP contribution < -0.4 is 0 Å². The molecule has 1 aliphatic heterocycles. The van der Waals surface area contributed by atoms with Crippen molar-refractivity contribution in [3.05, 3.63) is 34.9 Å². The minimum atomic E-state index is -1.02. The van der Waals surface area contributed by atoms with Crippen LogP contribution >= 0.6 is 0 Å². The van der Waals surface area contributed by atoms with Crippen molar-refractivity contribution in [1.29, 1.82) is 0 Å². The minimum absolute atomic E-state index is 0.0226. The number of aryl methyl sites for hydroxylation is 1. The van der Waals surface area contributed by atoms with Crippen LogP contribution in [0.2, 0.25) is 0 Å². The van der Waals surface area contributed by atoms with Crippen LogP contribution in [0.3, 0.4) is 0 Å². The van der Waals surface area contributed by atoms with Crippen LogP contribution in [0, 0.1) is 6.92 Å². The van der Waals surface area contributed by atoms with E-state index in [2.05, 4.69) is 0 Å². The van der Waals surface area contributed by atoms with Gasteiger partial charge in [-0.2, -0.15) is 0 Å². The van der Waals surface area contributed by atoms with E-state index in [4.69, 9.17) is 14.6 Å². The van der Waals surface area contributed by atoms with Gasteiger partial charge in [-0.05, 0) is 30.0 Å². The Morgan fingerprint density at radius 3 is 2.76 bits per heavy atom. The highest BCUT2D eigenvalue weighted by molar-refractivity contribution is 5.74. The summed E-state index contributed by atoms with van der Waals surface area (Å²) in [6, 6.07) is 5.52. The molecule has 6 nitrogen and oxygen atoms in total. The number of carboxylic acid groups (broad SMARTS) is 2. The summed E-state index contributed by atoms with van der Waals surface area (Å²) in [5.41, 5.74) is 2.65. The van der Waals surface area contributed by atoms with Gasteiger partial charge in [0.1, 0.15) is 6.79 Å². The summed E-state index contributed by atoms with van der Waals surface area (Å²) in [6.45, 7) is 2.13. The molecule has 6 heteroatoms. The first-order valence-corrected chi connectivity index (χ1v) is 6.73. The van der Waals surface area contributed by atoms with E-state index in [9.17, 15) is 14.7 Å². The van der Waals surface area contributed by atoms with Gasteiger partial charge < -0.3 is 19.7 Å². The largest absolute Gasteiger partial charge is 0.481 e. The van der Waals surface area contributed by atoms with Crippen LogP contribution in [0.4, 0.5) is 0 Å². The lowest BCUT2D eigenvalue weighted by atomic mass is 9.87. The monoisotopic (exact) mass is 294 g/mol. The maximum absolute atomic E-state index is 11.3. The molecule has 2 N–H and O–H groups in total. The maximum Gasteiger partial charge on any atom is 0.333 e. The molecule has 1 aliphatic rings. The SMILES string of the molecule is Cc1c(CCC(=O)O)cccc1C1COCOC1C(=O)O. The van der Waals surface area contributed by atoms with Crippen molar-refractivity contribution in [1.82, 2.24) is 0 Å². The zero-order chi connectivity index (χ0) is 15.4. The summed E-state index contributed by atoms with van der Waals surface area (Å²) in [4.78, 5) is 22.0. The van der Waals surface area contributed by atoms with E-state index < -0.39 is 18.0 Å². The van der Waals surface area contributed by atoms with Gasteiger partial charge in [-0.3, -0.25) is 4.79 Å². The molecule has 114 valence electrons. The third-order valence-electron chi connectivity index (χ3n) is 3.73. The standard InChI is InChI=1S/C15H18O6/c1-9-10(5-6-13(16)17)3-2-4-11(9)12-7-20-8-21-14(12)15(18)19/h2-4,12,14H,5-8H2,1H3,(H,16,17)(H,18,19). The lowest BCUT2D eigenvalue weighted by Crippen LogP contribution is -2.38. The van der Waals surface area contributed by atoms with E-state index >= 15 is 0 Å². The lowest BCUT2D eigenvalue weighted by Gasteiger charge is -2.30. The number of hydrogen-bond donors (Lipinski definition) is 2. The second kappa shape index (κ2) is 6.69. The maximum atomic E-state index is 11.3. The molecule has 0 radical (unpaired) electrons. The molecule has 0 amide bonds. The minimum Gasteiger partial charge on any atom is -0.481 e. The zero-order valence-electron chi connectivity index (χ0n) is 11.7. The van der Waals surface area contributed by atoms with Crippen molar-refractivity contribution in [2.75, 3.05) is 13.4 Å². The molecule has 0 bridgehead atoms. The van der Waals surface area contributed by atoms with Gasteiger partial charge in [0, 0.05) is 12.3 Å². The number of hydrogen-bond acceptors (Lipinski definition) is 4. The molecular weight excluding hydrogens is 276 g/mol. The smallest absolute Gasteiger partial charge is 0.333 e. The van der Waals surface area contributed by atoms with Crippen LogP contribution in [0.1, 0.15) is 29.0 Å². The van der Waals surface area contributed by atoms with Crippen LogP contribution in [-0.4, -0.2) is 41.7 Å². The van der Waals surface area contributed by atoms with Gasteiger partial charge in [0.25, 0.3) is 0 Å². The molecule has 1 heterocycles. The van der Waals surface area contributed by atoms with Gasteiger partial charge in [-0.15, -0.1) is 0 Å². The highest BCUT2D eigenvalue weighted by Crippen LogP contribution is 2.30. The molecule has 21 heavy (non-hydrogen) atoms. The average molecular weight is 294 g/mol. The van der Waals surface area contributed by atoms with Crippen molar-refractivity contribution in [2.45, 2.75) is 31.8 Å². The Labute approximate surface area is 122 Å². The molecule has 1 aromatic rings. The second-order valence-electron chi connectivity index (χ2n) is 5.05. The molecule has 2 unspecified atom stereocenters. The normalized spacial score (nSPS) is 22.0. The fraction of sp³-hybridized carbons (Fsp3) is 0.467. The van der Waals surface area contributed by atoms with Gasteiger partial charge in [-0.25, -0.2) is 4.79 Å². The van der Waals surface area contributed by atoms with E-state index in [-0.39, 0.29) is 25.7 Å². The highest BCUT2D eigenvalue weighted by Gasteiger charge is 2.34. The highest BCUT2D eigenvalue weighted by atomic mass is 16.7. The first kappa shape index (κ1) is 15.5. The van der Waals surface area contributed by atoms with Crippen LogP contribution in [0.5, 0.6) is 0 Å². The van der Waals surface area contributed by atoms with E-state index in [1.807, 2.05) is 25.1 Å². The van der Waals surface area contributed by atoms with Crippen molar-refractivity contribution in [3.8, 4) is 0 Å². The fourth-order valence-corrected chi connectivity index (χ4v) is 2.61. The molecule has 1 aromatic carbocycles. The van der Waals surface area contributed by atoms with Gasteiger partial charge >= 0.3 is 11.9 Å². The zero-order valence-corrected chi connectivity index (χ0v) is 11.7. The summed E-state index contributed by atoms with van der Waals surface area (Å²) in [5.74, 6) is -2.26. The molecule has 0 aliphatic carbocycles. The summed E-state index contributed by atoms with van der Waals surface area (Å²) in [6.07, 6.45) is -0.474. The van der Waals surface area contributed by atoms with Gasteiger partial charge in [-0.1, -0.05) is 18.2 Å². The summed E-state index contributed by atoms with van der Waals surface area (Å²) < 4.78 is 10.4. The van der Waals surface area contributed by atoms with Crippen LogP contribution in [0.15, 0.2) is 18.2 Å². The summed E-state index contributed by atoms with van der Waals surface area (Å²) in [7, 11) is 0. The molecule has 0 saturated carbocycles. The third kappa shape index (κ3) is 3.59. The predicted molar refractivity (Wildman–Crippen MR) is 73.2 cm³/mol. The Kier molecular flexibility index (Phi) is 4.93. The molecule has 0 aromatic heterocycles. The fourth-order valence-electron chi connectivity index (χ4n) is 2.61.